The third-order valence-corrected chi connectivity index (χ3v) is 5.68. The zero-order valence-electron chi connectivity index (χ0n) is 16.0. The third kappa shape index (κ3) is 2.94. The van der Waals surface area contributed by atoms with Crippen LogP contribution >= 0.6 is 0 Å². The molecule has 4 aromatic carbocycles. The maximum atomic E-state index is 13.3. The van der Waals surface area contributed by atoms with Crippen LogP contribution in [0.1, 0.15) is 44.3 Å². The molecule has 140 valence electrons. The molecule has 1 aliphatic rings. The molecule has 2 nitrogen and oxygen atoms in total. The molecule has 0 amide bonds. The SMILES string of the molecule is C=Cc1ccc(C(=O)OC2c3ccccc3Cc3ccccc32)c2ccccc12. The summed E-state index contributed by atoms with van der Waals surface area (Å²) < 4.78 is 6.15. The van der Waals surface area contributed by atoms with Crippen molar-refractivity contribution in [3.05, 3.63) is 125 Å². The lowest BCUT2D eigenvalue weighted by atomic mass is 9.84. The molecule has 1 aliphatic carbocycles. The van der Waals surface area contributed by atoms with Gasteiger partial charge in [0, 0.05) is 11.1 Å². The molecule has 5 rings (SSSR count). The lowest BCUT2D eigenvalue weighted by molar-refractivity contribution is 0.0374. The number of benzene rings is 4. The lowest BCUT2D eigenvalue weighted by Gasteiger charge is -2.28. The van der Waals surface area contributed by atoms with Crippen LogP contribution in [0.2, 0.25) is 0 Å². The molecule has 0 bridgehead atoms. The van der Waals surface area contributed by atoms with Crippen LogP contribution in [-0.4, -0.2) is 5.97 Å². The van der Waals surface area contributed by atoms with Gasteiger partial charge in [-0.1, -0.05) is 91.5 Å². The summed E-state index contributed by atoms with van der Waals surface area (Å²) in [6, 6.07) is 28.1. The van der Waals surface area contributed by atoms with Crippen LogP contribution in [-0.2, 0) is 11.2 Å². The molecule has 0 unspecified atom stereocenters. The van der Waals surface area contributed by atoms with Gasteiger partial charge in [-0.15, -0.1) is 0 Å². The molecule has 0 saturated carbocycles. The van der Waals surface area contributed by atoms with E-state index < -0.39 is 6.10 Å². The first kappa shape index (κ1) is 17.4. The number of hydrogen-bond acceptors (Lipinski definition) is 2. The summed E-state index contributed by atoms with van der Waals surface area (Å²) >= 11 is 0. The Bertz CT molecular complexity index is 1210. The van der Waals surface area contributed by atoms with E-state index in [0.717, 1.165) is 33.9 Å². The molecule has 0 fully saturated rings. The van der Waals surface area contributed by atoms with E-state index in [1.54, 1.807) is 0 Å². The van der Waals surface area contributed by atoms with Gasteiger partial charge in [-0.2, -0.15) is 0 Å². The van der Waals surface area contributed by atoms with Crippen LogP contribution in [0, 0.1) is 0 Å². The zero-order chi connectivity index (χ0) is 19.8. The van der Waals surface area contributed by atoms with E-state index in [4.69, 9.17) is 4.74 Å². The van der Waals surface area contributed by atoms with Gasteiger partial charge in [0.2, 0.25) is 0 Å². The van der Waals surface area contributed by atoms with Gasteiger partial charge in [-0.3, -0.25) is 0 Å². The van der Waals surface area contributed by atoms with E-state index in [1.165, 1.54) is 11.1 Å². The fourth-order valence-corrected chi connectivity index (χ4v) is 4.25. The molecule has 29 heavy (non-hydrogen) atoms. The zero-order valence-corrected chi connectivity index (χ0v) is 16.0. The predicted octanol–water partition coefficient (Wildman–Crippen LogP) is 6.33. The Balaban J connectivity index is 1.59. The van der Waals surface area contributed by atoms with Gasteiger partial charge in [0.25, 0.3) is 0 Å². The molecule has 0 aromatic heterocycles. The predicted molar refractivity (Wildman–Crippen MR) is 117 cm³/mol. The molecule has 0 heterocycles. The molecule has 0 atom stereocenters. The maximum Gasteiger partial charge on any atom is 0.339 e. The Morgan fingerprint density at radius 3 is 2.03 bits per heavy atom. The number of carbonyl (C=O) groups is 1. The van der Waals surface area contributed by atoms with E-state index in [-0.39, 0.29) is 5.97 Å². The van der Waals surface area contributed by atoms with Gasteiger partial charge >= 0.3 is 5.97 Å². The third-order valence-electron chi connectivity index (χ3n) is 5.68. The quantitative estimate of drug-likeness (QED) is 0.390. The minimum Gasteiger partial charge on any atom is -0.449 e. The van der Waals surface area contributed by atoms with Crippen molar-refractivity contribution in [2.24, 2.45) is 0 Å². The molecule has 0 N–H and O–H groups in total. The molecular formula is C27H20O2. The first-order valence-electron chi connectivity index (χ1n) is 9.77. The molecule has 0 saturated heterocycles. The first-order valence-corrected chi connectivity index (χ1v) is 9.77. The summed E-state index contributed by atoms with van der Waals surface area (Å²) in [5, 5.41) is 1.88. The maximum absolute atomic E-state index is 13.3. The molecular weight excluding hydrogens is 356 g/mol. The van der Waals surface area contributed by atoms with Crippen LogP contribution in [0.3, 0.4) is 0 Å². The van der Waals surface area contributed by atoms with Gasteiger partial charge in [0.1, 0.15) is 0 Å². The topological polar surface area (TPSA) is 26.3 Å². The smallest absolute Gasteiger partial charge is 0.339 e. The van der Waals surface area contributed by atoms with Crippen molar-refractivity contribution in [2.75, 3.05) is 0 Å². The van der Waals surface area contributed by atoms with Gasteiger partial charge in [-0.25, -0.2) is 4.79 Å². The number of hydrogen-bond donors (Lipinski definition) is 0. The summed E-state index contributed by atoms with van der Waals surface area (Å²) in [6.07, 6.45) is 2.27. The summed E-state index contributed by atoms with van der Waals surface area (Å²) in [7, 11) is 0. The van der Waals surface area contributed by atoms with Gasteiger partial charge in [0.15, 0.2) is 6.10 Å². The minimum atomic E-state index is -0.401. The lowest BCUT2D eigenvalue weighted by Crippen LogP contribution is -2.19. The minimum absolute atomic E-state index is 0.312. The van der Waals surface area contributed by atoms with Crippen LogP contribution in [0.25, 0.3) is 16.8 Å². The fraction of sp³-hybridized carbons (Fsp3) is 0.0741. The van der Waals surface area contributed by atoms with E-state index in [0.29, 0.717) is 5.56 Å². The fourth-order valence-electron chi connectivity index (χ4n) is 4.25. The van der Waals surface area contributed by atoms with Gasteiger partial charge < -0.3 is 4.74 Å². The van der Waals surface area contributed by atoms with E-state index in [2.05, 4.69) is 30.8 Å². The first-order chi connectivity index (χ1) is 14.3. The average molecular weight is 376 g/mol. The second-order valence-electron chi connectivity index (χ2n) is 7.31. The second kappa shape index (κ2) is 7.06. The van der Waals surface area contributed by atoms with Crippen LogP contribution < -0.4 is 0 Å². The summed E-state index contributed by atoms with van der Waals surface area (Å²) in [5.74, 6) is -0.312. The van der Waals surface area contributed by atoms with E-state index in [9.17, 15) is 4.79 Å². The molecule has 0 spiro atoms. The normalized spacial score (nSPS) is 12.8. The summed E-state index contributed by atoms with van der Waals surface area (Å²) in [5.41, 5.74) is 6.11. The molecule has 4 aromatic rings. The molecule has 0 aliphatic heterocycles. The van der Waals surface area contributed by atoms with Crippen LogP contribution in [0.5, 0.6) is 0 Å². The molecule has 0 radical (unpaired) electrons. The van der Waals surface area contributed by atoms with E-state index in [1.807, 2.05) is 66.7 Å². The largest absolute Gasteiger partial charge is 0.449 e. The van der Waals surface area contributed by atoms with Crippen molar-refractivity contribution in [1.82, 2.24) is 0 Å². The number of ether oxygens (including phenoxy) is 1. The second-order valence-corrected chi connectivity index (χ2v) is 7.31. The highest BCUT2D eigenvalue weighted by molar-refractivity contribution is 6.06. The highest BCUT2D eigenvalue weighted by Gasteiger charge is 2.29. The van der Waals surface area contributed by atoms with Crippen molar-refractivity contribution < 1.29 is 9.53 Å². The Morgan fingerprint density at radius 1 is 0.793 bits per heavy atom. The van der Waals surface area contributed by atoms with Crippen molar-refractivity contribution >= 4 is 22.8 Å². The highest BCUT2D eigenvalue weighted by Crippen LogP contribution is 2.38. The Kier molecular flexibility index (Phi) is 4.25. The Hall–Kier alpha value is -3.65. The van der Waals surface area contributed by atoms with Gasteiger partial charge in [0.05, 0.1) is 5.56 Å². The van der Waals surface area contributed by atoms with Crippen molar-refractivity contribution in [2.45, 2.75) is 12.5 Å². The van der Waals surface area contributed by atoms with Gasteiger partial charge in [-0.05, 0) is 39.9 Å². The standard InChI is InChI=1S/C27H20O2/c1-2-18-15-16-25(24-14-8-7-11-21(18)24)27(28)29-26-22-12-5-3-9-19(22)17-20-10-4-6-13-23(20)26/h2-16,26H,1,17H2. The summed E-state index contributed by atoms with van der Waals surface area (Å²) in [6.45, 7) is 3.88. The summed E-state index contributed by atoms with van der Waals surface area (Å²) in [4.78, 5) is 13.3. The highest BCUT2D eigenvalue weighted by atomic mass is 16.5. The number of fused-ring (bicyclic) bond motifs is 3. The van der Waals surface area contributed by atoms with Crippen molar-refractivity contribution in [3.63, 3.8) is 0 Å². The average Bonchev–Trinajstić information content (AvgIpc) is 2.78. The van der Waals surface area contributed by atoms with E-state index >= 15 is 0 Å². The monoisotopic (exact) mass is 376 g/mol. The Morgan fingerprint density at radius 2 is 1.38 bits per heavy atom. The number of esters is 1. The number of carbonyl (C=O) groups excluding carboxylic acids is 1. The number of rotatable bonds is 3. The Labute approximate surface area is 170 Å². The molecule has 2 heteroatoms. The van der Waals surface area contributed by atoms with Crippen LogP contribution in [0.15, 0.2) is 91.5 Å². The van der Waals surface area contributed by atoms with Crippen LogP contribution in [0.4, 0.5) is 0 Å². The van der Waals surface area contributed by atoms with Crippen molar-refractivity contribution in [3.8, 4) is 0 Å². The van der Waals surface area contributed by atoms with Crippen molar-refractivity contribution in [1.29, 1.82) is 0 Å².